The van der Waals surface area contributed by atoms with Crippen molar-refractivity contribution in [2.45, 2.75) is 52.6 Å². The Hall–Kier alpha value is -0.0151. The van der Waals surface area contributed by atoms with E-state index in [0.717, 1.165) is 5.92 Å². The smallest absolute Gasteiger partial charge is 0.376 e. The number of hydrogen-bond acceptors (Lipinski definition) is 2. The Morgan fingerprint density at radius 3 is 2.71 bits per heavy atom. The van der Waals surface area contributed by atoms with Gasteiger partial charge in [-0.3, -0.25) is 0 Å². The first-order valence-corrected chi connectivity index (χ1v) is 5.88. The van der Waals surface area contributed by atoms with E-state index in [1.807, 2.05) is 0 Å². The summed E-state index contributed by atoms with van der Waals surface area (Å²) in [6, 6.07) is 0.624. The Morgan fingerprint density at radius 1 is 1.36 bits per heavy atom. The second-order valence-electron chi connectivity index (χ2n) is 6.18. The molecular formula is C11H20BNO. The molecule has 1 N–H and O–H groups in total. The molecule has 3 heteroatoms. The Bertz CT molecular complexity index is 280. The van der Waals surface area contributed by atoms with Crippen LogP contribution in [0.15, 0.2) is 0 Å². The van der Waals surface area contributed by atoms with E-state index in [1.54, 1.807) is 0 Å². The molecule has 0 aromatic heterocycles. The molecule has 0 radical (unpaired) electrons. The molecule has 3 rings (SSSR count). The summed E-state index contributed by atoms with van der Waals surface area (Å²) in [6.45, 7) is 9.42. The van der Waals surface area contributed by atoms with E-state index in [2.05, 4.69) is 32.8 Å². The Labute approximate surface area is 86.9 Å². The maximum atomic E-state index is 6.05. The van der Waals surface area contributed by atoms with E-state index in [-0.39, 0.29) is 7.05 Å². The van der Waals surface area contributed by atoms with E-state index in [9.17, 15) is 0 Å². The second-order valence-corrected chi connectivity index (χ2v) is 6.18. The van der Waals surface area contributed by atoms with Crippen LogP contribution < -0.4 is 5.23 Å². The van der Waals surface area contributed by atoms with E-state index < -0.39 is 0 Å². The van der Waals surface area contributed by atoms with Crippen LogP contribution in [0.4, 0.5) is 0 Å². The molecule has 0 aromatic rings. The van der Waals surface area contributed by atoms with Crippen molar-refractivity contribution < 1.29 is 4.65 Å². The molecule has 0 amide bonds. The van der Waals surface area contributed by atoms with Crippen LogP contribution in [0, 0.1) is 16.7 Å². The summed E-state index contributed by atoms with van der Waals surface area (Å²) in [6.07, 6.45) is 3.19. The van der Waals surface area contributed by atoms with Crippen molar-refractivity contribution in [3.63, 3.8) is 0 Å². The van der Waals surface area contributed by atoms with Crippen molar-refractivity contribution in [2.24, 2.45) is 16.7 Å². The molecule has 1 heterocycles. The van der Waals surface area contributed by atoms with E-state index in [0.29, 0.717) is 23.0 Å². The minimum Gasteiger partial charge on any atom is -0.417 e. The van der Waals surface area contributed by atoms with Gasteiger partial charge in [0.2, 0.25) is 0 Å². The molecule has 2 aliphatic carbocycles. The number of hydrogen-bond donors (Lipinski definition) is 1. The molecular weight excluding hydrogens is 173 g/mol. The summed E-state index contributed by atoms with van der Waals surface area (Å²) >= 11 is 0. The van der Waals surface area contributed by atoms with Crippen LogP contribution >= 0.6 is 0 Å². The predicted octanol–water partition coefficient (Wildman–Crippen LogP) is 1.92. The van der Waals surface area contributed by atoms with Gasteiger partial charge in [0.1, 0.15) is 0 Å². The average Bonchev–Trinajstić information content (AvgIpc) is 2.59. The molecule has 0 aromatic carbocycles. The maximum Gasteiger partial charge on any atom is 0.376 e. The zero-order valence-corrected chi connectivity index (χ0v) is 9.63. The molecule has 1 aliphatic heterocycles. The van der Waals surface area contributed by atoms with Gasteiger partial charge in [-0.25, -0.2) is 0 Å². The molecule has 2 bridgehead atoms. The summed E-state index contributed by atoms with van der Waals surface area (Å²) in [5, 5.41) is 3.61. The molecule has 0 spiro atoms. The van der Waals surface area contributed by atoms with Gasteiger partial charge in [0.15, 0.2) is 0 Å². The third kappa shape index (κ3) is 0.783. The topological polar surface area (TPSA) is 21.3 Å². The third-order valence-corrected chi connectivity index (χ3v) is 5.54. The molecule has 14 heavy (non-hydrogen) atoms. The van der Waals surface area contributed by atoms with Gasteiger partial charge in [0, 0.05) is 6.04 Å². The van der Waals surface area contributed by atoms with Crippen molar-refractivity contribution >= 4 is 7.05 Å². The highest BCUT2D eigenvalue weighted by molar-refractivity contribution is 6.48. The molecule has 1 saturated heterocycles. The zero-order chi connectivity index (χ0) is 10.1. The van der Waals surface area contributed by atoms with Crippen molar-refractivity contribution in [1.29, 1.82) is 0 Å². The van der Waals surface area contributed by atoms with E-state index in [4.69, 9.17) is 4.65 Å². The Morgan fingerprint density at radius 2 is 2.07 bits per heavy atom. The molecule has 2 unspecified atom stereocenters. The van der Waals surface area contributed by atoms with Crippen LogP contribution in [0.2, 0.25) is 6.82 Å². The lowest BCUT2D eigenvalue weighted by Gasteiger charge is -2.38. The molecule has 2 saturated carbocycles. The summed E-state index contributed by atoms with van der Waals surface area (Å²) in [5.41, 5.74) is 0.857. The highest BCUT2D eigenvalue weighted by Gasteiger charge is 2.68. The first-order valence-electron chi connectivity index (χ1n) is 5.88. The largest absolute Gasteiger partial charge is 0.417 e. The first-order chi connectivity index (χ1) is 6.47. The number of nitrogens with one attached hydrogen (secondary N) is 1. The molecule has 78 valence electrons. The maximum absolute atomic E-state index is 6.05. The van der Waals surface area contributed by atoms with Crippen LogP contribution in [-0.4, -0.2) is 19.2 Å². The normalized spacial score (nSPS) is 54.0. The minimum atomic E-state index is 0.265. The van der Waals surface area contributed by atoms with Gasteiger partial charge >= 0.3 is 7.05 Å². The minimum absolute atomic E-state index is 0.265. The van der Waals surface area contributed by atoms with Crippen molar-refractivity contribution in [3.8, 4) is 0 Å². The standard InChI is InChI=1S/C11H20BNO/c1-10(2)7-5-6-11(10,3)9-8(7)13-12(4)14-9/h7-9,13H,5-6H2,1-4H3/t7?,8-,9-,11?/m0/s1. The van der Waals surface area contributed by atoms with Gasteiger partial charge in [0.05, 0.1) is 6.10 Å². The van der Waals surface area contributed by atoms with Gasteiger partial charge in [-0.1, -0.05) is 20.8 Å². The van der Waals surface area contributed by atoms with Crippen molar-refractivity contribution in [1.82, 2.24) is 5.23 Å². The van der Waals surface area contributed by atoms with Crippen molar-refractivity contribution in [2.75, 3.05) is 0 Å². The fourth-order valence-electron chi connectivity index (χ4n) is 4.28. The summed E-state index contributed by atoms with van der Waals surface area (Å²) in [4.78, 5) is 0. The second kappa shape index (κ2) is 2.38. The zero-order valence-electron chi connectivity index (χ0n) is 9.63. The van der Waals surface area contributed by atoms with Gasteiger partial charge < -0.3 is 9.88 Å². The highest BCUT2D eigenvalue weighted by Crippen LogP contribution is 2.67. The molecule has 3 aliphatic rings. The van der Waals surface area contributed by atoms with Crippen LogP contribution in [0.5, 0.6) is 0 Å². The lowest BCUT2D eigenvalue weighted by molar-refractivity contribution is 0.0362. The summed E-state index contributed by atoms with van der Waals surface area (Å²) in [7, 11) is 0.265. The third-order valence-electron chi connectivity index (χ3n) is 5.54. The van der Waals surface area contributed by atoms with Gasteiger partial charge in [-0.05, 0) is 36.4 Å². The summed E-state index contributed by atoms with van der Waals surface area (Å²) < 4.78 is 6.05. The highest BCUT2D eigenvalue weighted by atomic mass is 16.5. The average molecular weight is 193 g/mol. The van der Waals surface area contributed by atoms with Gasteiger partial charge in [0.25, 0.3) is 0 Å². The SMILES string of the molecule is CB1N[C@H]2C3CCC(C)([C@H]2O1)C3(C)C. The molecule has 2 nitrogen and oxygen atoms in total. The van der Waals surface area contributed by atoms with Gasteiger partial charge in [-0.15, -0.1) is 0 Å². The Kier molecular flexibility index (Phi) is 1.57. The monoisotopic (exact) mass is 193 g/mol. The predicted molar refractivity (Wildman–Crippen MR) is 58.0 cm³/mol. The molecule has 3 fully saturated rings. The fraction of sp³-hybridized carbons (Fsp3) is 1.00. The Balaban J connectivity index is 2.02. The molecule has 4 atom stereocenters. The van der Waals surface area contributed by atoms with Crippen LogP contribution in [0.25, 0.3) is 0 Å². The van der Waals surface area contributed by atoms with Crippen LogP contribution in [-0.2, 0) is 4.65 Å². The number of rotatable bonds is 0. The lowest BCUT2D eigenvalue weighted by Crippen LogP contribution is -2.40. The van der Waals surface area contributed by atoms with Crippen LogP contribution in [0.3, 0.4) is 0 Å². The quantitative estimate of drug-likeness (QED) is 0.593. The van der Waals surface area contributed by atoms with E-state index in [1.165, 1.54) is 12.8 Å². The lowest BCUT2D eigenvalue weighted by atomic mass is 9.69. The number of fused-ring (bicyclic) bond motifs is 5. The first kappa shape index (κ1) is 9.23. The van der Waals surface area contributed by atoms with Crippen molar-refractivity contribution in [3.05, 3.63) is 0 Å². The van der Waals surface area contributed by atoms with E-state index >= 15 is 0 Å². The fourth-order valence-corrected chi connectivity index (χ4v) is 4.28. The van der Waals surface area contributed by atoms with Crippen LogP contribution in [0.1, 0.15) is 33.6 Å². The summed E-state index contributed by atoms with van der Waals surface area (Å²) in [5.74, 6) is 0.822. The van der Waals surface area contributed by atoms with Gasteiger partial charge in [-0.2, -0.15) is 0 Å².